The maximum absolute atomic E-state index is 12.5. The van der Waals surface area contributed by atoms with Crippen LogP contribution < -0.4 is 10.1 Å². The van der Waals surface area contributed by atoms with Gasteiger partial charge in [0.05, 0.1) is 18.1 Å². The van der Waals surface area contributed by atoms with E-state index in [9.17, 15) is 8.42 Å². The van der Waals surface area contributed by atoms with Crippen LogP contribution in [0.4, 0.5) is 5.69 Å². The lowest BCUT2D eigenvalue weighted by Gasteiger charge is -2.27. The van der Waals surface area contributed by atoms with E-state index < -0.39 is 10.0 Å². The third-order valence-corrected chi connectivity index (χ3v) is 4.96. The van der Waals surface area contributed by atoms with Gasteiger partial charge in [0.1, 0.15) is 0 Å². The third-order valence-electron chi connectivity index (χ3n) is 3.28. The summed E-state index contributed by atoms with van der Waals surface area (Å²) in [4.78, 5) is 2.99. The highest BCUT2D eigenvalue weighted by molar-refractivity contribution is 7.89. The molecule has 0 unspecified atom stereocenters. The fourth-order valence-electron chi connectivity index (χ4n) is 2.39. The summed E-state index contributed by atoms with van der Waals surface area (Å²) >= 11 is 0. The zero-order chi connectivity index (χ0) is 14.8. The van der Waals surface area contributed by atoms with Crippen molar-refractivity contribution in [1.29, 1.82) is 0 Å². The van der Waals surface area contributed by atoms with Gasteiger partial charge in [-0.05, 0) is 37.1 Å². The van der Waals surface area contributed by atoms with Gasteiger partial charge in [-0.25, -0.2) is 13.4 Å². The first-order valence-electron chi connectivity index (χ1n) is 6.58. The van der Waals surface area contributed by atoms with Crippen LogP contribution in [0.25, 0.3) is 0 Å². The Kier molecular flexibility index (Phi) is 4.64. The lowest BCUT2D eigenvalue weighted by Crippen LogP contribution is -2.48. The molecule has 0 amide bonds. The highest BCUT2D eigenvalue weighted by atomic mass is 32.2. The predicted molar refractivity (Wildman–Crippen MR) is 78.2 cm³/mol. The van der Waals surface area contributed by atoms with Crippen LogP contribution >= 0.6 is 0 Å². The summed E-state index contributed by atoms with van der Waals surface area (Å²) < 4.78 is 30.3. The molecule has 2 N–H and O–H groups in total. The number of hydrogen-bond donors (Lipinski definition) is 2. The van der Waals surface area contributed by atoms with Gasteiger partial charge in [0.25, 0.3) is 10.0 Å². The number of hydrazine groups is 1. The molecule has 0 spiro atoms. The topological polar surface area (TPSA) is 70.7 Å². The summed E-state index contributed by atoms with van der Waals surface area (Å²) in [6, 6.07) is 3.67. The molecule has 112 valence electrons. The molecule has 1 aromatic carbocycles. The van der Waals surface area contributed by atoms with Crippen LogP contribution in [0.3, 0.4) is 0 Å². The van der Waals surface area contributed by atoms with E-state index >= 15 is 0 Å². The first-order valence-corrected chi connectivity index (χ1v) is 8.06. The molecule has 1 aromatic rings. The number of nitrogens with zero attached hydrogens (tertiary/aromatic N) is 1. The zero-order valence-corrected chi connectivity index (χ0v) is 12.9. The Hall–Kier alpha value is -1.15. The summed E-state index contributed by atoms with van der Waals surface area (Å²) in [5.41, 5.74) is 2.37. The lowest BCUT2D eigenvalue weighted by atomic mass is 10.1. The van der Waals surface area contributed by atoms with Crippen LogP contribution in [0, 0.1) is 13.8 Å². The summed E-state index contributed by atoms with van der Waals surface area (Å²) in [5.74, 6) is 0. The summed E-state index contributed by atoms with van der Waals surface area (Å²) in [6.45, 7) is 5.82. The second-order valence-electron chi connectivity index (χ2n) is 4.88. The van der Waals surface area contributed by atoms with Gasteiger partial charge in [-0.3, -0.25) is 0 Å². The van der Waals surface area contributed by atoms with Gasteiger partial charge in [-0.2, -0.15) is 0 Å². The van der Waals surface area contributed by atoms with Crippen LogP contribution in [0.2, 0.25) is 0 Å². The third kappa shape index (κ3) is 3.29. The molecule has 1 aliphatic rings. The number of ether oxygens (including phenoxy) is 1. The molecule has 1 aliphatic heterocycles. The molecule has 0 radical (unpaired) electrons. The Labute approximate surface area is 120 Å². The first-order chi connectivity index (χ1) is 9.44. The van der Waals surface area contributed by atoms with Gasteiger partial charge in [0.15, 0.2) is 0 Å². The van der Waals surface area contributed by atoms with E-state index in [1.165, 1.54) is 0 Å². The van der Waals surface area contributed by atoms with Crippen molar-refractivity contribution in [1.82, 2.24) is 9.84 Å². The molecule has 6 nitrogen and oxygen atoms in total. The van der Waals surface area contributed by atoms with E-state index in [0.717, 1.165) is 16.8 Å². The second kappa shape index (κ2) is 6.09. The van der Waals surface area contributed by atoms with Crippen LogP contribution in [0.5, 0.6) is 0 Å². The van der Waals surface area contributed by atoms with Crippen molar-refractivity contribution < 1.29 is 13.2 Å². The number of aryl methyl sites for hydroxylation is 2. The average Bonchev–Trinajstić information content (AvgIpc) is 2.37. The van der Waals surface area contributed by atoms with E-state index in [-0.39, 0.29) is 0 Å². The quantitative estimate of drug-likeness (QED) is 0.863. The summed E-state index contributed by atoms with van der Waals surface area (Å²) in [5, 5.41) is 4.71. The molecule has 0 saturated carbocycles. The van der Waals surface area contributed by atoms with Crippen LogP contribution in [-0.4, -0.2) is 46.8 Å². The molecular formula is C13H21N3O3S. The molecule has 2 rings (SSSR count). The fourth-order valence-corrected chi connectivity index (χ4v) is 3.97. The largest absolute Gasteiger partial charge is 0.388 e. The average molecular weight is 299 g/mol. The van der Waals surface area contributed by atoms with Gasteiger partial charge in [0.2, 0.25) is 0 Å². The molecule has 0 aliphatic carbocycles. The van der Waals surface area contributed by atoms with E-state index in [4.69, 9.17) is 4.74 Å². The van der Waals surface area contributed by atoms with Crippen molar-refractivity contribution in [3.8, 4) is 0 Å². The van der Waals surface area contributed by atoms with Gasteiger partial charge in [-0.15, -0.1) is 4.83 Å². The maximum Gasteiger partial charge on any atom is 0.253 e. The SMILES string of the molecule is CNc1cc(C)c(S(=O)(=O)NN2CCOCC2)c(C)c1. The summed E-state index contributed by atoms with van der Waals surface area (Å²) in [7, 11) is -1.74. The second-order valence-corrected chi connectivity index (χ2v) is 6.48. The maximum atomic E-state index is 12.5. The Balaban J connectivity index is 2.29. The minimum atomic E-state index is -3.55. The molecule has 20 heavy (non-hydrogen) atoms. The minimum Gasteiger partial charge on any atom is -0.388 e. The van der Waals surface area contributed by atoms with Crippen LogP contribution in [-0.2, 0) is 14.8 Å². The van der Waals surface area contributed by atoms with Gasteiger partial charge < -0.3 is 10.1 Å². The van der Waals surface area contributed by atoms with E-state index in [1.807, 2.05) is 33.0 Å². The number of hydrogen-bond acceptors (Lipinski definition) is 5. The van der Waals surface area contributed by atoms with Crippen molar-refractivity contribution in [2.75, 3.05) is 38.7 Å². The fraction of sp³-hybridized carbons (Fsp3) is 0.538. The standard InChI is InChI=1S/C13H21N3O3S/c1-10-8-12(14-3)9-11(2)13(10)20(17,18)15-16-4-6-19-7-5-16/h8-9,14-15H,4-7H2,1-3H3. The number of morpholine rings is 1. The van der Waals surface area contributed by atoms with Gasteiger partial charge in [-0.1, -0.05) is 0 Å². The van der Waals surface area contributed by atoms with Crippen molar-refractivity contribution in [3.05, 3.63) is 23.3 Å². The normalized spacial score (nSPS) is 17.1. The van der Waals surface area contributed by atoms with Crippen molar-refractivity contribution in [2.45, 2.75) is 18.7 Å². The Bertz CT molecular complexity index is 558. The molecule has 7 heteroatoms. The molecule has 1 saturated heterocycles. The monoisotopic (exact) mass is 299 g/mol. The number of anilines is 1. The zero-order valence-electron chi connectivity index (χ0n) is 12.1. The number of sulfonamides is 1. The van der Waals surface area contributed by atoms with E-state index in [1.54, 1.807) is 5.01 Å². The van der Waals surface area contributed by atoms with E-state index in [2.05, 4.69) is 10.1 Å². The molecule has 1 fully saturated rings. The van der Waals surface area contributed by atoms with Crippen molar-refractivity contribution in [2.24, 2.45) is 0 Å². The van der Waals surface area contributed by atoms with Crippen molar-refractivity contribution >= 4 is 15.7 Å². The Morgan fingerprint density at radius 1 is 1.15 bits per heavy atom. The number of benzene rings is 1. The highest BCUT2D eigenvalue weighted by Crippen LogP contribution is 2.24. The Morgan fingerprint density at radius 3 is 2.20 bits per heavy atom. The molecule has 0 aromatic heterocycles. The smallest absolute Gasteiger partial charge is 0.253 e. The van der Waals surface area contributed by atoms with Crippen molar-refractivity contribution in [3.63, 3.8) is 0 Å². The number of nitrogens with one attached hydrogen (secondary N) is 2. The van der Waals surface area contributed by atoms with Gasteiger partial charge in [0, 0.05) is 25.8 Å². The molecule has 1 heterocycles. The highest BCUT2D eigenvalue weighted by Gasteiger charge is 2.23. The molecular weight excluding hydrogens is 278 g/mol. The Morgan fingerprint density at radius 2 is 1.70 bits per heavy atom. The minimum absolute atomic E-state index is 0.350. The summed E-state index contributed by atoms with van der Waals surface area (Å²) in [6.07, 6.45) is 0. The predicted octanol–water partition coefficient (Wildman–Crippen LogP) is 0.871. The molecule has 0 atom stereocenters. The van der Waals surface area contributed by atoms with Crippen LogP contribution in [0.15, 0.2) is 17.0 Å². The van der Waals surface area contributed by atoms with E-state index in [0.29, 0.717) is 31.2 Å². The lowest BCUT2D eigenvalue weighted by molar-refractivity contribution is 0.0272. The van der Waals surface area contributed by atoms with Crippen LogP contribution in [0.1, 0.15) is 11.1 Å². The number of rotatable bonds is 4. The van der Waals surface area contributed by atoms with Gasteiger partial charge >= 0.3 is 0 Å². The first kappa shape index (κ1) is 15.2. The molecule has 0 bridgehead atoms.